The monoisotopic (exact) mass is 756 g/mol. The number of unbranched alkanes of at least 4 members (excludes halogenated alkanes) is 3. The van der Waals surface area contributed by atoms with Gasteiger partial charge >= 0.3 is 0 Å². The first-order valence-corrected chi connectivity index (χ1v) is 22.4. The molecule has 0 amide bonds. The lowest BCUT2D eigenvalue weighted by atomic mass is 10.3. The molecule has 0 rings (SSSR count). The van der Waals surface area contributed by atoms with Crippen molar-refractivity contribution >= 4 is 28.5 Å². The Kier molecular flexibility index (Phi) is 23.8. The molecule has 0 radical (unpaired) electrons. The molecule has 0 fully saturated rings. The number of hydrogen-bond donors (Lipinski definition) is 2. The topological polar surface area (TPSA) is 103 Å². The van der Waals surface area contributed by atoms with E-state index in [0.717, 1.165) is 83.8 Å². The first-order valence-electron chi connectivity index (χ1n) is 17.6. The summed E-state index contributed by atoms with van der Waals surface area (Å²) < 4.78 is 36.1. The molecule has 0 aromatic rings. The Bertz CT molecular complexity index is 958. The van der Waals surface area contributed by atoms with Crippen LogP contribution in [0.4, 0.5) is 0 Å². The highest BCUT2D eigenvalue weighted by atomic mass is 31.2. The Labute approximate surface area is 304 Å². The maximum atomic E-state index is 5.21. The quantitative estimate of drug-likeness (QED) is 0.0618. The van der Waals surface area contributed by atoms with Gasteiger partial charge in [-0.15, -0.1) is 0 Å². The van der Waals surface area contributed by atoms with Crippen molar-refractivity contribution in [2.75, 3.05) is 166 Å². The molecule has 18 heteroatoms. The van der Waals surface area contributed by atoms with E-state index in [2.05, 4.69) is 180 Å². The van der Waals surface area contributed by atoms with Crippen LogP contribution in [0.2, 0.25) is 0 Å². The molecule has 0 aliphatic carbocycles. The normalized spacial score (nSPS) is 13.3. The third-order valence-electron chi connectivity index (χ3n) is 8.29. The zero-order chi connectivity index (χ0) is 38.0. The predicted octanol–water partition coefficient (Wildman–Crippen LogP) is 4.76. The summed E-state index contributed by atoms with van der Waals surface area (Å²) in [6.07, 6.45) is 6.15. The fourth-order valence-electron chi connectivity index (χ4n) is 6.45. The van der Waals surface area contributed by atoms with E-state index in [4.69, 9.17) is 19.2 Å². The summed E-state index contributed by atoms with van der Waals surface area (Å²) in [4.78, 5) is 4.97. The van der Waals surface area contributed by atoms with E-state index in [9.17, 15) is 0 Å². The third kappa shape index (κ3) is 14.2. The molecule has 0 aromatic heterocycles. The van der Waals surface area contributed by atoms with E-state index in [1.807, 2.05) is 0 Å². The van der Waals surface area contributed by atoms with E-state index in [1.165, 1.54) is 0 Å². The van der Waals surface area contributed by atoms with Gasteiger partial charge in [-0.1, -0.05) is 0 Å². The van der Waals surface area contributed by atoms with Gasteiger partial charge in [0.25, 0.3) is 0 Å². The summed E-state index contributed by atoms with van der Waals surface area (Å²) in [5.74, 6) is 0.899. The van der Waals surface area contributed by atoms with Crippen molar-refractivity contribution in [3.63, 3.8) is 0 Å². The fourth-order valence-corrected chi connectivity index (χ4v) is 16.4. The maximum Gasteiger partial charge on any atom is 0.191 e. The summed E-state index contributed by atoms with van der Waals surface area (Å²) in [5, 5.41) is 7.21. The largest absolute Gasteiger partial charge is 0.356 e. The van der Waals surface area contributed by atoms with Crippen molar-refractivity contribution in [1.29, 1.82) is 0 Å². The standard InChI is InChI=1S/C31H80N15P3/c1-38(2)47(39(3)4,40(5)6)35-28-22-19-25-32-31(33-26-20-23-29-36-48(41(7)8,42(9)10)43(11)12)34-27-21-24-30-37-49(44(13)14,45(15)16)46(17)18/h19-30H2,1-18H3,(H2,32,33,34). The second kappa shape index (κ2) is 24.0. The predicted molar refractivity (Wildman–Crippen MR) is 222 cm³/mol. The highest BCUT2D eigenvalue weighted by molar-refractivity contribution is 7.59. The molecule has 0 spiro atoms. The van der Waals surface area contributed by atoms with Crippen LogP contribution in [0.3, 0.4) is 0 Å². The smallest absolute Gasteiger partial charge is 0.191 e. The first-order chi connectivity index (χ1) is 22.8. The third-order valence-corrected chi connectivity index (χ3v) is 19.7. The molecular formula is C31H80N15P3. The molecule has 0 saturated carbocycles. The lowest BCUT2D eigenvalue weighted by molar-refractivity contribution is 0.470. The lowest BCUT2D eigenvalue weighted by Gasteiger charge is -2.41. The van der Waals surface area contributed by atoms with Crippen molar-refractivity contribution in [3.8, 4) is 0 Å². The van der Waals surface area contributed by atoms with Crippen LogP contribution >= 0.6 is 22.5 Å². The molecular weight excluding hydrogens is 675 g/mol. The maximum absolute atomic E-state index is 5.21. The van der Waals surface area contributed by atoms with Crippen LogP contribution in [0.15, 0.2) is 19.2 Å². The van der Waals surface area contributed by atoms with Gasteiger partial charge in [0.2, 0.25) is 0 Å². The minimum atomic E-state index is -1.85. The Morgan fingerprint density at radius 1 is 0.347 bits per heavy atom. The van der Waals surface area contributed by atoms with Gasteiger partial charge in [0.05, 0.1) is 0 Å². The second-order valence-electron chi connectivity index (χ2n) is 14.0. The number of aliphatic imine (C=N–C) groups is 1. The van der Waals surface area contributed by atoms with Gasteiger partial charge in [0, 0.05) is 39.3 Å². The van der Waals surface area contributed by atoms with Crippen molar-refractivity contribution in [3.05, 3.63) is 0 Å². The van der Waals surface area contributed by atoms with Gasteiger partial charge in [-0.3, -0.25) is 61.3 Å². The van der Waals surface area contributed by atoms with Crippen LogP contribution in [-0.4, -0.2) is 214 Å². The molecule has 0 aromatic carbocycles. The van der Waals surface area contributed by atoms with Gasteiger partial charge < -0.3 is 10.6 Å². The van der Waals surface area contributed by atoms with Gasteiger partial charge in [0.1, 0.15) is 0 Å². The van der Waals surface area contributed by atoms with Crippen molar-refractivity contribution in [1.82, 2.24) is 52.7 Å². The van der Waals surface area contributed by atoms with Crippen LogP contribution in [-0.2, 0) is 0 Å². The van der Waals surface area contributed by atoms with Crippen molar-refractivity contribution in [2.24, 2.45) is 19.2 Å². The molecule has 15 nitrogen and oxygen atoms in total. The molecule has 294 valence electrons. The summed E-state index contributed by atoms with van der Waals surface area (Å²) in [7, 11) is 32.8. The molecule has 0 saturated heterocycles. The molecule has 2 N–H and O–H groups in total. The second-order valence-corrected chi connectivity index (χ2v) is 25.3. The van der Waals surface area contributed by atoms with Gasteiger partial charge in [-0.2, -0.15) is 0 Å². The van der Waals surface area contributed by atoms with Gasteiger partial charge in [0.15, 0.2) is 28.5 Å². The van der Waals surface area contributed by atoms with Crippen molar-refractivity contribution < 1.29 is 0 Å². The zero-order valence-corrected chi connectivity index (χ0v) is 37.8. The van der Waals surface area contributed by atoms with Crippen LogP contribution in [0.1, 0.15) is 38.5 Å². The Morgan fingerprint density at radius 2 is 0.571 bits per heavy atom. The number of hydrogen-bond acceptors (Lipinski definition) is 4. The summed E-state index contributed by atoms with van der Waals surface area (Å²) in [5.41, 5.74) is 0. The molecule has 0 atom stereocenters. The molecule has 0 bridgehead atoms. The zero-order valence-electron chi connectivity index (χ0n) is 35.1. The van der Waals surface area contributed by atoms with E-state index >= 15 is 0 Å². The first kappa shape index (κ1) is 48.6. The minimum absolute atomic E-state index is 0.774. The van der Waals surface area contributed by atoms with Crippen LogP contribution < -0.4 is 10.6 Å². The van der Waals surface area contributed by atoms with Crippen LogP contribution in [0.25, 0.3) is 0 Å². The average molecular weight is 756 g/mol. The van der Waals surface area contributed by atoms with E-state index < -0.39 is 22.5 Å². The minimum Gasteiger partial charge on any atom is -0.356 e. The van der Waals surface area contributed by atoms with Gasteiger partial charge in [-0.05, 0) is 165 Å². The summed E-state index contributed by atoms with van der Waals surface area (Å²) in [6.45, 7) is 5.01. The molecule has 0 heterocycles. The lowest BCUT2D eigenvalue weighted by Crippen LogP contribution is -2.38. The summed E-state index contributed by atoms with van der Waals surface area (Å²) >= 11 is 0. The molecule has 0 aliphatic rings. The van der Waals surface area contributed by atoms with Crippen molar-refractivity contribution in [2.45, 2.75) is 38.5 Å². The van der Waals surface area contributed by atoms with Crippen LogP contribution in [0, 0.1) is 0 Å². The highest BCUT2D eigenvalue weighted by Crippen LogP contribution is 2.56. The molecule has 0 aliphatic heterocycles. The Balaban J connectivity index is 5.47. The number of guanidine groups is 1. The number of nitrogens with one attached hydrogen (secondary N) is 2. The molecule has 0 unspecified atom stereocenters. The fraction of sp³-hybridized carbons (Fsp3) is 0.968. The summed E-state index contributed by atoms with van der Waals surface area (Å²) in [6, 6.07) is 0. The van der Waals surface area contributed by atoms with E-state index in [1.54, 1.807) is 0 Å². The van der Waals surface area contributed by atoms with Crippen LogP contribution in [0.5, 0.6) is 0 Å². The van der Waals surface area contributed by atoms with E-state index in [0.29, 0.717) is 0 Å². The Hall–Kier alpha value is -0.400. The van der Waals surface area contributed by atoms with E-state index in [-0.39, 0.29) is 0 Å². The number of nitrogens with zero attached hydrogens (tertiary/aromatic N) is 13. The molecule has 49 heavy (non-hydrogen) atoms. The Morgan fingerprint density at radius 3 is 0.816 bits per heavy atom. The SMILES string of the molecule is CN(C)P(=NCCCCN=C(NCCCCN=P(N(C)C)(N(C)C)N(C)C)NCCCCN=P(N(C)C)(N(C)C)N(C)C)(N(C)C)N(C)C. The highest BCUT2D eigenvalue weighted by Gasteiger charge is 2.29. The number of rotatable bonds is 24. The van der Waals surface area contributed by atoms with Gasteiger partial charge in [-0.25, -0.2) is 0 Å². The average Bonchev–Trinajstić information content (AvgIpc) is 2.97.